The lowest BCUT2D eigenvalue weighted by Crippen LogP contribution is -2.39. The lowest BCUT2D eigenvalue weighted by atomic mass is 9.99. The van der Waals surface area contributed by atoms with Crippen LogP contribution in [0.4, 0.5) is 4.39 Å². The van der Waals surface area contributed by atoms with Gasteiger partial charge in [0, 0.05) is 37.9 Å². The van der Waals surface area contributed by atoms with Crippen molar-refractivity contribution in [3.05, 3.63) is 48.3 Å². The van der Waals surface area contributed by atoms with Crippen LogP contribution < -0.4 is 0 Å². The van der Waals surface area contributed by atoms with E-state index in [2.05, 4.69) is 9.55 Å². The third-order valence-electron chi connectivity index (χ3n) is 4.29. The topological polar surface area (TPSA) is 55.2 Å². The van der Waals surface area contributed by atoms with Crippen LogP contribution in [0, 0.1) is 5.82 Å². The highest BCUT2D eigenvalue weighted by molar-refractivity contribution is 7.89. The predicted octanol–water partition coefficient (Wildman–Crippen LogP) is 2.61. The monoisotopic (exact) mass is 337 g/mol. The number of piperidine rings is 1. The second-order valence-electron chi connectivity index (χ2n) is 5.73. The molecule has 124 valence electrons. The second-order valence-corrected chi connectivity index (χ2v) is 7.67. The van der Waals surface area contributed by atoms with E-state index in [1.165, 1.54) is 28.6 Å². The number of rotatable bonds is 4. The van der Waals surface area contributed by atoms with Gasteiger partial charge >= 0.3 is 0 Å². The Bertz CT molecular complexity index is 771. The SMILES string of the molecule is CCn1ccnc1C1CCCN(S(=O)(=O)c2ccc(F)cc2)C1. The molecule has 0 aliphatic carbocycles. The molecule has 23 heavy (non-hydrogen) atoms. The predicted molar refractivity (Wildman–Crippen MR) is 85.0 cm³/mol. The first-order valence-electron chi connectivity index (χ1n) is 7.79. The molecule has 3 rings (SSSR count). The van der Waals surface area contributed by atoms with Crippen molar-refractivity contribution in [2.75, 3.05) is 13.1 Å². The number of imidazole rings is 1. The average molecular weight is 337 g/mol. The van der Waals surface area contributed by atoms with Crippen molar-refractivity contribution in [1.29, 1.82) is 0 Å². The van der Waals surface area contributed by atoms with Gasteiger partial charge in [0.05, 0.1) is 4.90 Å². The summed E-state index contributed by atoms with van der Waals surface area (Å²) in [4.78, 5) is 4.54. The lowest BCUT2D eigenvalue weighted by Gasteiger charge is -2.31. The van der Waals surface area contributed by atoms with E-state index >= 15 is 0 Å². The van der Waals surface area contributed by atoms with Crippen LogP contribution in [0.25, 0.3) is 0 Å². The van der Waals surface area contributed by atoms with Gasteiger partial charge in [-0.1, -0.05) is 0 Å². The zero-order chi connectivity index (χ0) is 16.4. The molecule has 1 aromatic carbocycles. The number of benzene rings is 1. The summed E-state index contributed by atoms with van der Waals surface area (Å²) in [6, 6.07) is 5.00. The van der Waals surface area contributed by atoms with Crippen LogP contribution >= 0.6 is 0 Å². The van der Waals surface area contributed by atoms with Crippen LogP contribution in [0.3, 0.4) is 0 Å². The average Bonchev–Trinajstić information content (AvgIpc) is 3.04. The van der Waals surface area contributed by atoms with Gasteiger partial charge in [0.15, 0.2) is 0 Å². The molecule has 0 spiro atoms. The van der Waals surface area contributed by atoms with Gasteiger partial charge in [-0.05, 0) is 44.0 Å². The first-order chi connectivity index (χ1) is 11.0. The molecule has 0 N–H and O–H groups in total. The van der Waals surface area contributed by atoms with Gasteiger partial charge in [0.25, 0.3) is 0 Å². The van der Waals surface area contributed by atoms with Crippen LogP contribution in [-0.2, 0) is 16.6 Å². The molecular weight excluding hydrogens is 317 g/mol. The molecule has 1 aliphatic heterocycles. The molecule has 1 fully saturated rings. The van der Waals surface area contributed by atoms with Crippen molar-refractivity contribution in [3.8, 4) is 0 Å². The molecular formula is C16H20FN3O2S. The molecule has 1 saturated heterocycles. The minimum absolute atomic E-state index is 0.0916. The van der Waals surface area contributed by atoms with Crippen molar-refractivity contribution >= 4 is 10.0 Å². The Morgan fingerprint density at radius 1 is 1.30 bits per heavy atom. The van der Waals surface area contributed by atoms with Crippen molar-refractivity contribution in [2.24, 2.45) is 0 Å². The Balaban J connectivity index is 1.84. The third-order valence-corrected chi connectivity index (χ3v) is 6.17. The van der Waals surface area contributed by atoms with Gasteiger partial charge in [-0.15, -0.1) is 0 Å². The minimum atomic E-state index is -3.59. The fraction of sp³-hybridized carbons (Fsp3) is 0.438. The lowest BCUT2D eigenvalue weighted by molar-refractivity contribution is 0.305. The maximum atomic E-state index is 13.0. The number of halogens is 1. The van der Waals surface area contributed by atoms with Crippen molar-refractivity contribution in [3.63, 3.8) is 0 Å². The number of aryl methyl sites for hydroxylation is 1. The fourth-order valence-electron chi connectivity index (χ4n) is 3.08. The molecule has 1 unspecified atom stereocenters. The van der Waals surface area contributed by atoms with E-state index in [1.807, 2.05) is 13.1 Å². The van der Waals surface area contributed by atoms with Gasteiger partial charge in [-0.25, -0.2) is 17.8 Å². The first-order valence-corrected chi connectivity index (χ1v) is 9.23. The molecule has 1 aromatic heterocycles. The molecule has 5 nitrogen and oxygen atoms in total. The smallest absolute Gasteiger partial charge is 0.243 e. The number of aromatic nitrogens is 2. The Hall–Kier alpha value is -1.73. The summed E-state index contributed by atoms with van der Waals surface area (Å²) in [5.74, 6) is 0.589. The summed E-state index contributed by atoms with van der Waals surface area (Å²) in [6.07, 6.45) is 5.39. The Kier molecular flexibility index (Phi) is 4.50. The highest BCUT2D eigenvalue weighted by atomic mass is 32.2. The molecule has 0 radical (unpaired) electrons. The van der Waals surface area contributed by atoms with E-state index < -0.39 is 15.8 Å². The molecule has 1 atom stereocenters. The van der Waals surface area contributed by atoms with E-state index in [-0.39, 0.29) is 10.8 Å². The number of nitrogens with zero attached hydrogens (tertiary/aromatic N) is 3. The van der Waals surface area contributed by atoms with Crippen LogP contribution in [0.15, 0.2) is 41.6 Å². The zero-order valence-electron chi connectivity index (χ0n) is 13.0. The molecule has 0 amide bonds. The summed E-state index contributed by atoms with van der Waals surface area (Å²) in [6.45, 7) is 3.76. The minimum Gasteiger partial charge on any atom is -0.335 e. The van der Waals surface area contributed by atoms with Gasteiger partial charge < -0.3 is 4.57 Å². The Morgan fingerprint density at radius 2 is 2.04 bits per heavy atom. The van der Waals surface area contributed by atoms with E-state index in [4.69, 9.17) is 0 Å². The number of sulfonamides is 1. The Labute approximate surface area is 135 Å². The summed E-state index contributed by atoms with van der Waals surface area (Å²) in [7, 11) is -3.59. The highest BCUT2D eigenvalue weighted by Crippen LogP contribution is 2.29. The maximum Gasteiger partial charge on any atom is 0.243 e. The van der Waals surface area contributed by atoms with Crippen LogP contribution in [0.5, 0.6) is 0 Å². The molecule has 1 aliphatic rings. The molecule has 0 saturated carbocycles. The molecule has 2 heterocycles. The number of hydrogen-bond donors (Lipinski definition) is 0. The highest BCUT2D eigenvalue weighted by Gasteiger charge is 2.32. The van der Waals surface area contributed by atoms with Gasteiger partial charge in [0.2, 0.25) is 10.0 Å². The van der Waals surface area contributed by atoms with Crippen molar-refractivity contribution in [1.82, 2.24) is 13.9 Å². The molecule has 0 bridgehead atoms. The van der Waals surface area contributed by atoms with Crippen LogP contribution in [-0.4, -0.2) is 35.4 Å². The molecule has 2 aromatic rings. The summed E-state index contributed by atoms with van der Waals surface area (Å²) in [5, 5.41) is 0. The van der Waals surface area contributed by atoms with E-state index in [0.717, 1.165) is 25.2 Å². The first kappa shape index (κ1) is 16.1. The van der Waals surface area contributed by atoms with E-state index in [1.54, 1.807) is 6.20 Å². The van der Waals surface area contributed by atoms with E-state index in [9.17, 15) is 12.8 Å². The standard InChI is InChI=1S/C16H20FN3O2S/c1-2-19-11-9-18-16(19)13-4-3-10-20(12-13)23(21,22)15-7-5-14(17)6-8-15/h5-9,11,13H,2-4,10,12H2,1H3. The molecule has 7 heteroatoms. The Morgan fingerprint density at radius 3 is 2.74 bits per heavy atom. The fourth-order valence-corrected chi connectivity index (χ4v) is 4.60. The van der Waals surface area contributed by atoms with Gasteiger partial charge in [-0.2, -0.15) is 4.31 Å². The van der Waals surface area contributed by atoms with E-state index in [0.29, 0.717) is 13.1 Å². The normalized spacial score (nSPS) is 19.8. The second kappa shape index (κ2) is 6.41. The van der Waals surface area contributed by atoms with Crippen molar-refractivity contribution < 1.29 is 12.8 Å². The van der Waals surface area contributed by atoms with Gasteiger partial charge in [-0.3, -0.25) is 0 Å². The van der Waals surface area contributed by atoms with Crippen LogP contribution in [0.2, 0.25) is 0 Å². The number of hydrogen-bond acceptors (Lipinski definition) is 3. The van der Waals surface area contributed by atoms with Crippen molar-refractivity contribution in [2.45, 2.75) is 37.1 Å². The zero-order valence-corrected chi connectivity index (χ0v) is 13.8. The van der Waals surface area contributed by atoms with Crippen LogP contribution in [0.1, 0.15) is 31.5 Å². The maximum absolute atomic E-state index is 13.0. The summed E-state index contributed by atoms with van der Waals surface area (Å²) < 4.78 is 42.1. The summed E-state index contributed by atoms with van der Waals surface area (Å²) in [5.41, 5.74) is 0. The quantitative estimate of drug-likeness (QED) is 0.862. The van der Waals surface area contributed by atoms with Gasteiger partial charge in [0.1, 0.15) is 11.6 Å². The summed E-state index contributed by atoms with van der Waals surface area (Å²) >= 11 is 0. The third kappa shape index (κ3) is 3.16. The largest absolute Gasteiger partial charge is 0.335 e.